The molecule has 0 aliphatic carbocycles. The van der Waals surface area contributed by atoms with Gasteiger partial charge in [0.05, 0.1) is 17.1 Å². The van der Waals surface area contributed by atoms with E-state index in [0.29, 0.717) is 10.7 Å². The first-order valence-electron chi connectivity index (χ1n) is 8.57. The number of aryl methyl sites for hydroxylation is 1. The lowest BCUT2D eigenvalue weighted by molar-refractivity contribution is -0.147. The van der Waals surface area contributed by atoms with Gasteiger partial charge in [0.2, 0.25) is 5.91 Å². The van der Waals surface area contributed by atoms with E-state index in [1.165, 1.54) is 0 Å². The molecule has 0 aliphatic heterocycles. The number of para-hydroxylation sites is 2. The number of rotatable bonds is 8. The SMILES string of the molecule is CCc1ccccc1NC(=O)CCC(=O)OCC(=O)Nc1ccccc1Cl. The number of ether oxygens (including phenoxy) is 1. The fraction of sp³-hybridized carbons (Fsp3) is 0.250. The molecule has 2 rings (SSSR count). The highest BCUT2D eigenvalue weighted by Crippen LogP contribution is 2.20. The number of halogens is 1. The topological polar surface area (TPSA) is 84.5 Å². The minimum Gasteiger partial charge on any atom is -0.456 e. The summed E-state index contributed by atoms with van der Waals surface area (Å²) in [4.78, 5) is 35.5. The van der Waals surface area contributed by atoms with Crippen LogP contribution in [0.4, 0.5) is 11.4 Å². The highest BCUT2D eigenvalue weighted by molar-refractivity contribution is 6.33. The van der Waals surface area contributed by atoms with Gasteiger partial charge in [-0.3, -0.25) is 14.4 Å². The van der Waals surface area contributed by atoms with Gasteiger partial charge in [-0.25, -0.2) is 0 Å². The van der Waals surface area contributed by atoms with Crippen molar-refractivity contribution in [2.45, 2.75) is 26.2 Å². The Bertz CT molecular complexity index is 823. The number of nitrogens with one attached hydrogen (secondary N) is 2. The van der Waals surface area contributed by atoms with Crippen LogP contribution < -0.4 is 10.6 Å². The number of carbonyl (C=O) groups is 3. The van der Waals surface area contributed by atoms with Crippen LogP contribution in [0.15, 0.2) is 48.5 Å². The van der Waals surface area contributed by atoms with Gasteiger partial charge in [0, 0.05) is 12.1 Å². The van der Waals surface area contributed by atoms with Crippen LogP contribution in [0.25, 0.3) is 0 Å². The predicted octanol–water partition coefficient (Wildman–Crippen LogP) is 3.80. The predicted molar refractivity (Wildman–Crippen MR) is 105 cm³/mol. The van der Waals surface area contributed by atoms with Gasteiger partial charge in [0.15, 0.2) is 6.61 Å². The summed E-state index contributed by atoms with van der Waals surface area (Å²) in [5, 5.41) is 5.72. The lowest BCUT2D eigenvalue weighted by Crippen LogP contribution is -2.22. The molecule has 0 unspecified atom stereocenters. The number of carbonyl (C=O) groups excluding carboxylic acids is 3. The molecule has 6 nitrogen and oxygen atoms in total. The molecule has 0 aromatic heterocycles. The maximum absolute atomic E-state index is 12.0. The third-order valence-corrected chi connectivity index (χ3v) is 4.07. The molecule has 2 aromatic rings. The Morgan fingerprint density at radius 2 is 1.52 bits per heavy atom. The second-order valence-corrected chi connectivity index (χ2v) is 6.15. The molecule has 0 aliphatic rings. The zero-order valence-electron chi connectivity index (χ0n) is 15.0. The lowest BCUT2D eigenvalue weighted by atomic mass is 10.1. The molecule has 0 spiro atoms. The summed E-state index contributed by atoms with van der Waals surface area (Å²) in [5.74, 6) is -1.41. The Morgan fingerprint density at radius 3 is 2.22 bits per heavy atom. The molecule has 142 valence electrons. The summed E-state index contributed by atoms with van der Waals surface area (Å²) < 4.78 is 4.89. The monoisotopic (exact) mass is 388 g/mol. The van der Waals surface area contributed by atoms with Crippen molar-refractivity contribution in [1.29, 1.82) is 0 Å². The molecule has 0 atom stereocenters. The van der Waals surface area contributed by atoms with Gasteiger partial charge in [-0.2, -0.15) is 0 Å². The zero-order valence-corrected chi connectivity index (χ0v) is 15.7. The minimum atomic E-state index is -0.622. The van der Waals surface area contributed by atoms with E-state index in [1.54, 1.807) is 24.3 Å². The van der Waals surface area contributed by atoms with Crippen LogP contribution in [0.1, 0.15) is 25.3 Å². The molecule has 2 N–H and O–H groups in total. The summed E-state index contributed by atoms with van der Waals surface area (Å²) in [6.45, 7) is 1.56. The maximum Gasteiger partial charge on any atom is 0.306 e. The molecule has 27 heavy (non-hydrogen) atoms. The number of hydrogen-bond acceptors (Lipinski definition) is 4. The molecule has 0 fully saturated rings. The number of benzene rings is 2. The quantitative estimate of drug-likeness (QED) is 0.673. The molecule has 7 heteroatoms. The van der Waals surface area contributed by atoms with Gasteiger partial charge >= 0.3 is 5.97 Å². The second kappa shape index (κ2) is 10.3. The van der Waals surface area contributed by atoms with E-state index < -0.39 is 18.5 Å². The standard InChI is InChI=1S/C20H21ClN2O4/c1-2-14-7-3-5-9-16(14)22-18(24)11-12-20(26)27-13-19(25)23-17-10-6-4-8-15(17)21/h3-10H,2,11-13H2,1H3,(H,22,24)(H,23,25). The summed E-state index contributed by atoms with van der Waals surface area (Å²) in [5.41, 5.74) is 2.19. The van der Waals surface area contributed by atoms with Gasteiger partial charge < -0.3 is 15.4 Å². The molecular formula is C20H21ClN2O4. The summed E-state index contributed by atoms with van der Waals surface area (Å²) in [7, 11) is 0. The van der Waals surface area contributed by atoms with Crippen LogP contribution in [0, 0.1) is 0 Å². The fourth-order valence-corrected chi connectivity index (χ4v) is 2.53. The highest BCUT2D eigenvalue weighted by atomic mass is 35.5. The first-order chi connectivity index (χ1) is 13.0. The van der Waals surface area contributed by atoms with Crippen molar-refractivity contribution < 1.29 is 19.1 Å². The van der Waals surface area contributed by atoms with Gasteiger partial charge in [-0.1, -0.05) is 48.9 Å². The maximum atomic E-state index is 12.0. The molecule has 0 saturated carbocycles. The fourth-order valence-electron chi connectivity index (χ4n) is 2.35. The molecular weight excluding hydrogens is 368 g/mol. The van der Waals surface area contributed by atoms with Crippen molar-refractivity contribution in [2.24, 2.45) is 0 Å². The molecule has 0 bridgehead atoms. The Kier molecular flexibility index (Phi) is 7.82. The van der Waals surface area contributed by atoms with Gasteiger partial charge in [-0.05, 0) is 30.2 Å². The van der Waals surface area contributed by atoms with E-state index in [1.807, 2.05) is 31.2 Å². The normalized spacial score (nSPS) is 10.1. The molecule has 0 radical (unpaired) electrons. The Balaban J connectivity index is 1.72. The summed E-state index contributed by atoms with van der Waals surface area (Å²) in [6, 6.07) is 14.2. The van der Waals surface area contributed by atoms with Gasteiger partial charge in [-0.15, -0.1) is 0 Å². The van der Waals surface area contributed by atoms with Crippen LogP contribution in [-0.2, 0) is 25.5 Å². The lowest BCUT2D eigenvalue weighted by Gasteiger charge is -2.10. The molecule has 2 amide bonds. The second-order valence-electron chi connectivity index (χ2n) is 5.75. The average molecular weight is 389 g/mol. The number of anilines is 2. The van der Waals surface area contributed by atoms with E-state index >= 15 is 0 Å². The van der Waals surface area contributed by atoms with E-state index in [0.717, 1.165) is 17.7 Å². The van der Waals surface area contributed by atoms with Crippen molar-refractivity contribution in [3.8, 4) is 0 Å². The summed E-state index contributed by atoms with van der Waals surface area (Å²) in [6.07, 6.45) is 0.654. The number of amides is 2. The van der Waals surface area contributed by atoms with Crippen molar-refractivity contribution in [1.82, 2.24) is 0 Å². The third-order valence-electron chi connectivity index (χ3n) is 3.74. The average Bonchev–Trinajstić information content (AvgIpc) is 2.67. The Hall–Kier alpha value is -2.86. The Morgan fingerprint density at radius 1 is 0.889 bits per heavy atom. The van der Waals surface area contributed by atoms with Crippen LogP contribution in [0.5, 0.6) is 0 Å². The zero-order chi connectivity index (χ0) is 19.6. The minimum absolute atomic E-state index is 0.0248. The van der Waals surface area contributed by atoms with Crippen LogP contribution >= 0.6 is 11.6 Å². The number of esters is 1. The van der Waals surface area contributed by atoms with Gasteiger partial charge in [0.1, 0.15) is 0 Å². The van der Waals surface area contributed by atoms with Crippen LogP contribution in [0.2, 0.25) is 5.02 Å². The highest BCUT2D eigenvalue weighted by Gasteiger charge is 2.12. The summed E-state index contributed by atoms with van der Waals surface area (Å²) >= 11 is 5.94. The van der Waals surface area contributed by atoms with Crippen molar-refractivity contribution >= 4 is 40.8 Å². The first kappa shape index (κ1) is 20.5. The first-order valence-corrected chi connectivity index (χ1v) is 8.95. The van der Waals surface area contributed by atoms with E-state index in [-0.39, 0.29) is 18.7 Å². The van der Waals surface area contributed by atoms with Crippen molar-refractivity contribution in [3.63, 3.8) is 0 Å². The molecule has 0 heterocycles. The third kappa shape index (κ3) is 6.75. The molecule has 0 saturated heterocycles. The van der Waals surface area contributed by atoms with E-state index in [2.05, 4.69) is 10.6 Å². The smallest absolute Gasteiger partial charge is 0.306 e. The van der Waals surface area contributed by atoms with Crippen molar-refractivity contribution in [3.05, 3.63) is 59.1 Å². The number of hydrogen-bond donors (Lipinski definition) is 2. The molecule has 2 aromatic carbocycles. The van der Waals surface area contributed by atoms with E-state index in [9.17, 15) is 14.4 Å². The van der Waals surface area contributed by atoms with Gasteiger partial charge in [0.25, 0.3) is 5.91 Å². The van der Waals surface area contributed by atoms with Crippen LogP contribution in [0.3, 0.4) is 0 Å². The largest absolute Gasteiger partial charge is 0.456 e. The van der Waals surface area contributed by atoms with Crippen LogP contribution in [-0.4, -0.2) is 24.4 Å². The Labute approximate surface area is 162 Å². The van der Waals surface area contributed by atoms with E-state index in [4.69, 9.17) is 16.3 Å². The van der Waals surface area contributed by atoms with Crippen molar-refractivity contribution in [2.75, 3.05) is 17.2 Å².